The molecule has 14 rings (SSSR count). The number of hydrogen-bond donors (Lipinski definition) is 0. The maximum atomic E-state index is 5.32. The molecule has 0 bridgehead atoms. The number of benzene rings is 8. The lowest BCUT2D eigenvalue weighted by Gasteiger charge is -2.13. The molecule has 0 aliphatic carbocycles. The molecule has 8 aromatic carbocycles. The lowest BCUT2D eigenvalue weighted by molar-refractivity contribution is 1.07. The van der Waals surface area contributed by atoms with E-state index >= 15 is 0 Å². The van der Waals surface area contributed by atoms with Crippen molar-refractivity contribution in [1.29, 1.82) is 0 Å². The van der Waals surface area contributed by atoms with E-state index < -0.39 is 0 Å². The zero-order valence-electron chi connectivity index (χ0n) is 32.1. The summed E-state index contributed by atoms with van der Waals surface area (Å²) in [7, 11) is 0. The third-order valence-corrected chi connectivity index (χ3v) is 12.4. The molecular formula is C52H32N8. The number of nitrogens with zero attached hydrogens (tertiary/aromatic N) is 8. The van der Waals surface area contributed by atoms with E-state index in [9.17, 15) is 0 Å². The van der Waals surface area contributed by atoms with E-state index in [2.05, 4.69) is 221 Å². The van der Waals surface area contributed by atoms with Crippen LogP contribution in [0.5, 0.6) is 0 Å². The fourth-order valence-corrected chi connectivity index (χ4v) is 9.96. The summed E-state index contributed by atoms with van der Waals surface area (Å²) < 4.78 is 14.0. The van der Waals surface area contributed by atoms with Gasteiger partial charge in [0.2, 0.25) is 11.6 Å². The first-order valence-corrected chi connectivity index (χ1v) is 20.3. The van der Waals surface area contributed by atoms with Crippen LogP contribution in [0, 0.1) is 0 Å². The summed E-state index contributed by atoms with van der Waals surface area (Å²) in [5.41, 5.74) is 16.1. The van der Waals surface area contributed by atoms with Crippen LogP contribution in [0.2, 0.25) is 0 Å². The van der Waals surface area contributed by atoms with Crippen molar-refractivity contribution < 1.29 is 0 Å². The van der Waals surface area contributed by atoms with Crippen molar-refractivity contribution in [3.63, 3.8) is 0 Å². The molecule has 0 aliphatic rings. The molecule has 0 atom stereocenters. The fraction of sp³-hybridized carbons (Fsp3) is 0. The first-order valence-electron chi connectivity index (χ1n) is 20.3. The Balaban J connectivity index is 1.06. The minimum Gasteiger partial charge on any atom is -0.295 e. The molecule has 280 valence electrons. The monoisotopic (exact) mass is 768 g/mol. The topological polar surface area (TPSA) is 54.3 Å². The summed E-state index contributed by atoms with van der Waals surface area (Å²) >= 11 is 0. The van der Waals surface area contributed by atoms with Crippen LogP contribution in [0.4, 0.5) is 0 Å². The van der Waals surface area contributed by atoms with Crippen LogP contribution in [-0.2, 0) is 0 Å². The van der Waals surface area contributed by atoms with Gasteiger partial charge in [0.1, 0.15) is 5.65 Å². The van der Waals surface area contributed by atoms with Crippen molar-refractivity contribution in [2.75, 3.05) is 0 Å². The second-order valence-corrected chi connectivity index (χ2v) is 15.6. The average molecular weight is 769 g/mol. The smallest absolute Gasteiger partial charge is 0.220 e. The van der Waals surface area contributed by atoms with Gasteiger partial charge in [-0.1, -0.05) is 97.1 Å². The minimum atomic E-state index is 0.857. The van der Waals surface area contributed by atoms with Gasteiger partial charge >= 0.3 is 0 Å². The van der Waals surface area contributed by atoms with Crippen molar-refractivity contribution in [2.45, 2.75) is 0 Å². The Morgan fingerprint density at radius 2 is 0.733 bits per heavy atom. The predicted octanol–water partition coefficient (Wildman–Crippen LogP) is 12.2. The Morgan fingerprint density at radius 1 is 0.283 bits per heavy atom. The standard InChI is InChI=1S/C52H32N8/c1-2-15-33(16-3-1)55-41-23-8-4-19-37(41)49-38-20-5-9-24-42(38)56(50(49)55)36-29-30-47-48(32-36)60-44-26-11-7-22-40(44)54-52(60)58(47)35-18-14-17-34(31-35)57-45-27-12-13-28-46(45)59-43-25-10-6-21-39(43)53-51(57)59/h1-32H. The molecule has 60 heavy (non-hydrogen) atoms. The van der Waals surface area contributed by atoms with Crippen LogP contribution in [0.15, 0.2) is 194 Å². The van der Waals surface area contributed by atoms with Gasteiger partial charge in [-0.3, -0.25) is 27.1 Å². The largest absolute Gasteiger partial charge is 0.295 e. The predicted molar refractivity (Wildman–Crippen MR) is 244 cm³/mol. The average Bonchev–Trinajstić information content (AvgIpc) is 4.13. The number of para-hydroxylation sites is 9. The van der Waals surface area contributed by atoms with E-state index in [0.717, 1.165) is 89.6 Å². The van der Waals surface area contributed by atoms with Crippen LogP contribution in [-0.4, -0.2) is 37.0 Å². The molecule has 14 aromatic rings. The van der Waals surface area contributed by atoms with E-state index in [1.807, 2.05) is 0 Å². The van der Waals surface area contributed by atoms with Crippen LogP contribution in [0.25, 0.3) is 111 Å². The Morgan fingerprint density at radius 3 is 1.37 bits per heavy atom. The zero-order valence-corrected chi connectivity index (χ0v) is 32.1. The second-order valence-electron chi connectivity index (χ2n) is 15.6. The molecule has 0 unspecified atom stereocenters. The number of imidazole rings is 4. The molecular weight excluding hydrogens is 737 g/mol. The van der Waals surface area contributed by atoms with Crippen LogP contribution < -0.4 is 0 Å². The SMILES string of the molecule is c1ccc(-n2c3ccccc3c3c4ccccc4n(-c4ccc5c(c4)n4c6ccccc6nc4n5-c4cccc(-n5c6ccccc6n6c7ccccc7nc56)c4)c32)cc1. The molecule has 0 N–H and O–H groups in total. The summed E-state index contributed by atoms with van der Waals surface area (Å²) in [6.07, 6.45) is 0. The van der Waals surface area contributed by atoms with Gasteiger partial charge in [-0.05, 0) is 97.1 Å². The summed E-state index contributed by atoms with van der Waals surface area (Å²) in [6.45, 7) is 0. The third-order valence-electron chi connectivity index (χ3n) is 12.4. The number of rotatable bonds is 4. The second kappa shape index (κ2) is 11.6. The molecule has 6 aromatic heterocycles. The van der Waals surface area contributed by atoms with Gasteiger partial charge in [0, 0.05) is 27.5 Å². The number of fused-ring (bicyclic) bond motifs is 15. The highest BCUT2D eigenvalue weighted by molar-refractivity contribution is 6.22. The van der Waals surface area contributed by atoms with Crippen LogP contribution in [0.1, 0.15) is 0 Å². The minimum absolute atomic E-state index is 0.857. The lowest BCUT2D eigenvalue weighted by atomic mass is 10.1. The van der Waals surface area contributed by atoms with Gasteiger partial charge in [-0.25, -0.2) is 9.97 Å². The highest BCUT2D eigenvalue weighted by Crippen LogP contribution is 2.42. The number of aromatic nitrogens is 8. The van der Waals surface area contributed by atoms with Crippen molar-refractivity contribution in [2.24, 2.45) is 0 Å². The Bertz CT molecular complexity index is 4070. The molecule has 8 heteroatoms. The van der Waals surface area contributed by atoms with Gasteiger partial charge in [-0.15, -0.1) is 0 Å². The third kappa shape index (κ3) is 4.08. The fourth-order valence-electron chi connectivity index (χ4n) is 9.96. The van der Waals surface area contributed by atoms with Gasteiger partial charge < -0.3 is 0 Å². The lowest BCUT2D eigenvalue weighted by Crippen LogP contribution is -2.02. The van der Waals surface area contributed by atoms with Crippen molar-refractivity contribution in [1.82, 2.24) is 37.0 Å². The van der Waals surface area contributed by atoms with E-state index in [4.69, 9.17) is 9.97 Å². The van der Waals surface area contributed by atoms with Gasteiger partial charge in [-0.2, -0.15) is 0 Å². The maximum Gasteiger partial charge on any atom is 0.220 e. The Labute approximate surface area is 341 Å². The molecule has 0 fully saturated rings. The summed E-state index contributed by atoms with van der Waals surface area (Å²) in [6, 6.07) is 69.2. The summed E-state index contributed by atoms with van der Waals surface area (Å²) in [5.74, 6) is 1.74. The van der Waals surface area contributed by atoms with Crippen molar-refractivity contribution >= 4 is 88.5 Å². The van der Waals surface area contributed by atoms with Crippen molar-refractivity contribution in [3.8, 4) is 22.7 Å². The summed E-state index contributed by atoms with van der Waals surface area (Å²) in [4.78, 5) is 10.5. The van der Waals surface area contributed by atoms with Gasteiger partial charge in [0.15, 0.2) is 0 Å². The Kier molecular flexibility index (Phi) is 6.14. The van der Waals surface area contributed by atoms with E-state index in [-0.39, 0.29) is 0 Å². The molecule has 8 nitrogen and oxygen atoms in total. The highest BCUT2D eigenvalue weighted by Gasteiger charge is 2.24. The summed E-state index contributed by atoms with van der Waals surface area (Å²) in [5, 5.41) is 3.70. The highest BCUT2D eigenvalue weighted by atomic mass is 15.2. The molecule has 0 saturated heterocycles. The quantitative estimate of drug-likeness (QED) is 0.179. The van der Waals surface area contributed by atoms with Crippen LogP contribution >= 0.6 is 0 Å². The first kappa shape index (κ1) is 31.7. The number of hydrogen-bond acceptors (Lipinski definition) is 2. The zero-order chi connectivity index (χ0) is 39.1. The molecule has 0 amide bonds. The van der Waals surface area contributed by atoms with Crippen molar-refractivity contribution in [3.05, 3.63) is 194 Å². The molecule has 0 radical (unpaired) electrons. The van der Waals surface area contributed by atoms with E-state index in [1.54, 1.807) is 0 Å². The van der Waals surface area contributed by atoms with Gasteiger partial charge in [0.25, 0.3) is 0 Å². The van der Waals surface area contributed by atoms with Gasteiger partial charge in [0.05, 0.1) is 66.5 Å². The van der Waals surface area contributed by atoms with Crippen LogP contribution in [0.3, 0.4) is 0 Å². The molecule has 0 spiro atoms. The normalized spacial score (nSPS) is 12.3. The first-order chi connectivity index (χ1) is 29.8. The molecule has 6 heterocycles. The van der Waals surface area contributed by atoms with E-state index in [1.165, 1.54) is 21.7 Å². The van der Waals surface area contributed by atoms with E-state index in [0.29, 0.717) is 0 Å². The maximum absolute atomic E-state index is 5.32. The molecule has 0 saturated carbocycles. The molecule has 0 aliphatic heterocycles. The Hall–Kier alpha value is -8.36.